The lowest BCUT2D eigenvalue weighted by atomic mass is 9.89. The lowest BCUT2D eigenvalue weighted by molar-refractivity contribution is 0.0468. The first-order valence-electron chi connectivity index (χ1n) is 6.20. The molecule has 0 bridgehead atoms. The predicted molar refractivity (Wildman–Crippen MR) is 62.2 cm³/mol. The first-order valence-corrected chi connectivity index (χ1v) is 6.20. The average Bonchev–Trinajstić information content (AvgIpc) is 2.86. The molecule has 1 aliphatic rings. The quantitative estimate of drug-likeness (QED) is 0.765. The Morgan fingerprint density at radius 1 is 1.28 bits per heavy atom. The Morgan fingerprint density at radius 3 is 2.56 bits per heavy atom. The fourth-order valence-corrected chi connectivity index (χ4v) is 2.34. The van der Waals surface area contributed by atoms with Crippen LogP contribution in [0.3, 0.4) is 0 Å². The van der Waals surface area contributed by atoms with Crippen molar-refractivity contribution < 1.29 is 18.7 Å². The smallest absolute Gasteiger partial charge is 0.396 e. The molecule has 18 heavy (non-hydrogen) atoms. The average molecular weight is 254 g/mol. The van der Waals surface area contributed by atoms with Gasteiger partial charge >= 0.3 is 11.9 Å². The third kappa shape index (κ3) is 2.25. The van der Waals surface area contributed by atoms with E-state index in [2.05, 4.69) is 17.1 Å². The Kier molecular flexibility index (Phi) is 3.65. The molecule has 1 aliphatic heterocycles. The largest absolute Gasteiger partial charge is 0.459 e. The van der Waals surface area contributed by atoms with Gasteiger partial charge in [-0.15, -0.1) is 10.2 Å². The summed E-state index contributed by atoms with van der Waals surface area (Å²) in [6, 6.07) is 0. The first-order chi connectivity index (χ1) is 8.54. The molecule has 4 unspecified atom stereocenters. The molecule has 0 radical (unpaired) electrons. The van der Waals surface area contributed by atoms with Gasteiger partial charge in [-0.1, -0.05) is 6.92 Å². The van der Waals surface area contributed by atoms with Gasteiger partial charge in [-0.05, 0) is 26.7 Å². The Morgan fingerprint density at radius 2 is 2.00 bits per heavy atom. The van der Waals surface area contributed by atoms with Gasteiger partial charge in [0.25, 0.3) is 0 Å². The third-order valence-electron chi connectivity index (χ3n) is 3.42. The van der Waals surface area contributed by atoms with Gasteiger partial charge in [-0.2, -0.15) is 0 Å². The molecule has 0 amide bonds. The molecule has 2 rings (SSSR count). The zero-order chi connectivity index (χ0) is 13.3. The zero-order valence-electron chi connectivity index (χ0n) is 11.0. The van der Waals surface area contributed by atoms with Crippen molar-refractivity contribution in [2.45, 2.75) is 45.8 Å². The van der Waals surface area contributed by atoms with Crippen molar-refractivity contribution in [1.29, 1.82) is 0 Å². The monoisotopic (exact) mass is 254 g/mol. The lowest BCUT2D eigenvalue weighted by Gasteiger charge is -2.13. The summed E-state index contributed by atoms with van der Waals surface area (Å²) in [4.78, 5) is 11.5. The zero-order valence-corrected chi connectivity index (χ0v) is 11.0. The lowest BCUT2D eigenvalue weighted by Crippen LogP contribution is -2.15. The number of esters is 1. The summed E-state index contributed by atoms with van der Waals surface area (Å²) in [6.07, 6.45) is 0.147. The molecule has 1 aromatic heterocycles. The highest BCUT2D eigenvalue weighted by Crippen LogP contribution is 2.39. The highest BCUT2D eigenvalue weighted by molar-refractivity contribution is 5.83. The molecule has 2 heterocycles. The van der Waals surface area contributed by atoms with Gasteiger partial charge in [-0.25, -0.2) is 4.79 Å². The van der Waals surface area contributed by atoms with Gasteiger partial charge in [-0.3, -0.25) is 0 Å². The van der Waals surface area contributed by atoms with Crippen LogP contribution < -0.4 is 0 Å². The van der Waals surface area contributed by atoms with Gasteiger partial charge < -0.3 is 13.9 Å². The van der Waals surface area contributed by atoms with Crippen LogP contribution in [0.25, 0.3) is 0 Å². The number of hydrogen-bond donors (Lipinski definition) is 0. The Balaban J connectivity index is 2.17. The fraction of sp³-hybridized carbons (Fsp3) is 0.750. The van der Waals surface area contributed by atoms with E-state index in [1.807, 2.05) is 13.8 Å². The van der Waals surface area contributed by atoms with E-state index in [-0.39, 0.29) is 36.5 Å². The molecule has 100 valence electrons. The summed E-state index contributed by atoms with van der Waals surface area (Å²) in [7, 11) is 0. The van der Waals surface area contributed by atoms with Gasteiger partial charge in [0.1, 0.15) is 0 Å². The van der Waals surface area contributed by atoms with Crippen LogP contribution in [0.1, 0.15) is 50.2 Å². The van der Waals surface area contributed by atoms with Crippen molar-refractivity contribution >= 4 is 5.97 Å². The molecule has 0 N–H and O–H groups in total. The topological polar surface area (TPSA) is 74.5 Å². The second kappa shape index (κ2) is 5.06. The molecule has 0 spiro atoms. The van der Waals surface area contributed by atoms with E-state index in [1.54, 1.807) is 6.92 Å². The summed E-state index contributed by atoms with van der Waals surface area (Å²) in [5.41, 5.74) is 0. The number of carbonyl (C=O) groups excluding carboxylic acids is 1. The maximum absolute atomic E-state index is 11.5. The van der Waals surface area contributed by atoms with Crippen molar-refractivity contribution in [2.75, 3.05) is 6.61 Å². The molecule has 1 aromatic rings. The number of hydrogen-bond acceptors (Lipinski definition) is 6. The summed E-state index contributed by atoms with van der Waals surface area (Å²) in [5.74, 6) is 0.0721. The minimum absolute atomic E-state index is 0.00509. The van der Waals surface area contributed by atoms with Crippen molar-refractivity contribution in [3.05, 3.63) is 11.8 Å². The second-order valence-electron chi connectivity index (χ2n) is 4.60. The Hall–Kier alpha value is -1.43. The van der Waals surface area contributed by atoms with Crippen molar-refractivity contribution in [2.24, 2.45) is 5.92 Å². The number of rotatable bonds is 3. The van der Waals surface area contributed by atoms with Crippen LogP contribution in [-0.4, -0.2) is 35.0 Å². The van der Waals surface area contributed by atoms with Crippen LogP contribution in [0.15, 0.2) is 4.42 Å². The highest BCUT2D eigenvalue weighted by Gasteiger charge is 2.41. The van der Waals surface area contributed by atoms with Crippen LogP contribution >= 0.6 is 0 Å². The van der Waals surface area contributed by atoms with E-state index in [9.17, 15) is 4.79 Å². The fourth-order valence-electron chi connectivity index (χ4n) is 2.34. The molecule has 0 saturated carbocycles. The molecule has 6 heteroatoms. The van der Waals surface area contributed by atoms with E-state index in [1.165, 1.54) is 0 Å². The summed E-state index contributed by atoms with van der Waals surface area (Å²) < 4.78 is 15.9. The summed E-state index contributed by atoms with van der Waals surface area (Å²) >= 11 is 0. The second-order valence-corrected chi connectivity index (χ2v) is 4.60. The normalized spacial score (nSPS) is 31.6. The molecular weight excluding hydrogens is 236 g/mol. The molecule has 6 nitrogen and oxygen atoms in total. The minimum Gasteiger partial charge on any atom is -0.459 e. The standard InChI is InChI=1S/C12H18N2O4/c1-5-16-12(15)11-14-13-10(18-11)9-6(2)7(3)17-8(9)4/h6-9H,5H2,1-4H3. The number of carbonyl (C=O) groups is 1. The number of ether oxygens (including phenoxy) is 2. The maximum Gasteiger partial charge on any atom is 0.396 e. The number of aromatic nitrogens is 2. The molecular formula is C12H18N2O4. The predicted octanol–water partition coefficient (Wildman–Crippen LogP) is 1.77. The van der Waals surface area contributed by atoms with Crippen LogP contribution in [0.4, 0.5) is 0 Å². The van der Waals surface area contributed by atoms with Crippen molar-refractivity contribution in [3.8, 4) is 0 Å². The van der Waals surface area contributed by atoms with Gasteiger partial charge in [0.2, 0.25) is 5.89 Å². The first kappa shape index (κ1) is 13.0. The summed E-state index contributed by atoms with van der Waals surface area (Å²) in [5, 5.41) is 7.67. The van der Waals surface area contributed by atoms with Gasteiger partial charge in [0.05, 0.1) is 24.7 Å². The van der Waals surface area contributed by atoms with E-state index in [4.69, 9.17) is 13.9 Å². The summed E-state index contributed by atoms with van der Waals surface area (Å²) in [6.45, 7) is 8.08. The maximum atomic E-state index is 11.5. The van der Waals surface area contributed by atoms with Crippen LogP contribution in [0.2, 0.25) is 0 Å². The molecule has 0 aliphatic carbocycles. The van der Waals surface area contributed by atoms with E-state index < -0.39 is 5.97 Å². The van der Waals surface area contributed by atoms with Gasteiger partial charge in [0.15, 0.2) is 0 Å². The van der Waals surface area contributed by atoms with Crippen LogP contribution in [-0.2, 0) is 9.47 Å². The minimum atomic E-state index is -0.580. The van der Waals surface area contributed by atoms with Crippen LogP contribution in [0.5, 0.6) is 0 Å². The Labute approximate surface area is 106 Å². The number of nitrogens with zero attached hydrogens (tertiary/aromatic N) is 2. The molecule has 4 atom stereocenters. The van der Waals surface area contributed by atoms with E-state index in [0.717, 1.165) is 0 Å². The van der Waals surface area contributed by atoms with Crippen LogP contribution in [0, 0.1) is 5.92 Å². The van der Waals surface area contributed by atoms with E-state index in [0.29, 0.717) is 5.89 Å². The third-order valence-corrected chi connectivity index (χ3v) is 3.42. The Bertz CT molecular complexity index is 431. The molecule has 0 aromatic carbocycles. The van der Waals surface area contributed by atoms with Crippen molar-refractivity contribution in [3.63, 3.8) is 0 Å². The van der Waals surface area contributed by atoms with Gasteiger partial charge in [0, 0.05) is 0 Å². The molecule has 1 fully saturated rings. The van der Waals surface area contributed by atoms with E-state index >= 15 is 0 Å². The highest BCUT2D eigenvalue weighted by atomic mass is 16.5. The molecule has 1 saturated heterocycles. The van der Waals surface area contributed by atoms with Crippen molar-refractivity contribution in [1.82, 2.24) is 10.2 Å². The SMILES string of the molecule is CCOC(=O)c1nnc(C2C(C)OC(C)C2C)o1.